The van der Waals surface area contributed by atoms with Crippen LogP contribution >= 0.6 is 11.8 Å². The molecule has 2 heterocycles. The molecular formula is C23H25N3O3S. The van der Waals surface area contributed by atoms with Crippen molar-refractivity contribution in [2.24, 2.45) is 0 Å². The molecule has 0 bridgehead atoms. The number of nitrogens with zero attached hydrogens (tertiary/aromatic N) is 2. The van der Waals surface area contributed by atoms with Crippen LogP contribution in [0.25, 0.3) is 0 Å². The first kappa shape index (κ1) is 20.5. The minimum absolute atomic E-state index is 0.131. The quantitative estimate of drug-likeness (QED) is 0.766. The van der Waals surface area contributed by atoms with Gasteiger partial charge in [0.15, 0.2) is 5.25 Å². The van der Waals surface area contributed by atoms with Crippen LogP contribution in [-0.2, 0) is 14.4 Å². The van der Waals surface area contributed by atoms with Gasteiger partial charge in [0, 0.05) is 23.7 Å². The number of likely N-dealkylation sites (tertiary alicyclic amines) is 1. The third-order valence-corrected chi connectivity index (χ3v) is 6.73. The summed E-state index contributed by atoms with van der Waals surface area (Å²) >= 11 is 1.28. The van der Waals surface area contributed by atoms with Gasteiger partial charge in [0.1, 0.15) is 6.54 Å². The minimum Gasteiger partial charge on any atom is -0.341 e. The van der Waals surface area contributed by atoms with E-state index < -0.39 is 5.25 Å². The maximum Gasteiger partial charge on any atom is 0.250 e. The van der Waals surface area contributed by atoms with Crippen LogP contribution in [0, 0.1) is 13.8 Å². The average Bonchev–Trinajstić information content (AvgIpc) is 3.26. The van der Waals surface area contributed by atoms with Crippen molar-refractivity contribution in [3.63, 3.8) is 0 Å². The Morgan fingerprint density at radius 3 is 2.57 bits per heavy atom. The van der Waals surface area contributed by atoms with Gasteiger partial charge >= 0.3 is 0 Å². The van der Waals surface area contributed by atoms with Gasteiger partial charge in [-0.05, 0) is 50.5 Å². The van der Waals surface area contributed by atoms with E-state index in [-0.39, 0.29) is 24.3 Å². The van der Waals surface area contributed by atoms with Gasteiger partial charge in [-0.1, -0.05) is 29.8 Å². The van der Waals surface area contributed by atoms with E-state index in [4.69, 9.17) is 0 Å². The van der Waals surface area contributed by atoms with Gasteiger partial charge in [0.05, 0.1) is 5.69 Å². The number of hydrogen-bond acceptors (Lipinski definition) is 4. The zero-order valence-electron chi connectivity index (χ0n) is 17.2. The van der Waals surface area contributed by atoms with Crippen molar-refractivity contribution in [2.45, 2.75) is 36.8 Å². The number of carbonyl (C=O) groups is 3. The van der Waals surface area contributed by atoms with Gasteiger partial charge in [-0.25, -0.2) is 0 Å². The molecule has 7 heteroatoms. The van der Waals surface area contributed by atoms with Crippen molar-refractivity contribution in [3.8, 4) is 0 Å². The lowest BCUT2D eigenvalue weighted by Gasteiger charge is -2.34. The number of hydrogen-bond donors (Lipinski definition) is 1. The number of aryl methyl sites for hydroxylation is 2. The summed E-state index contributed by atoms with van der Waals surface area (Å²) in [5, 5.41) is 2.06. The molecule has 156 valence electrons. The number of fused-ring (bicyclic) bond motifs is 1. The molecule has 30 heavy (non-hydrogen) atoms. The fraction of sp³-hybridized carbons (Fsp3) is 0.348. The van der Waals surface area contributed by atoms with Crippen LogP contribution in [-0.4, -0.2) is 47.5 Å². The molecule has 0 unspecified atom stereocenters. The maximum absolute atomic E-state index is 13.3. The van der Waals surface area contributed by atoms with Crippen molar-refractivity contribution < 1.29 is 14.4 Å². The van der Waals surface area contributed by atoms with E-state index in [1.54, 1.807) is 4.90 Å². The third-order valence-electron chi connectivity index (χ3n) is 5.49. The Hall–Kier alpha value is -2.80. The first-order chi connectivity index (χ1) is 14.4. The molecule has 1 atom stereocenters. The highest BCUT2D eigenvalue weighted by atomic mass is 32.2. The van der Waals surface area contributed by atoms with E-state index in [0.29, 0.717) is 18.8 Å². The zero-order chi connectivity index (χ0) is 21.3. The molecular weight excluding hydrogens is 398 g/mol. The standard InChI is InChI=1S/C23H25N3O3S/c1-15-9-10-17(16(2)13-15)24-20(27)14-26-18-7-3-4-8-19(18)30-21(23(26)29)22(28)25-11-5-6-12-25/h3-4,7-10,13,21H,5-6,11-12,14H2,1-2H3,(H,24,27)/t21-/m1/s1. The van der Waals surface area contributed by atoms with Gasteiger partial charge in [0.2, 0.25) is 11.8 Å². The predicted octanol–water partition coefficient (Wildman–Crippen LogP) is 3.37. The van der Waals surface area contributed by atoms with Crippen molar-refractivity contribution in [3.05, 3.63) is 53.6 Å². The van der Waals surface area contributed by atoms with Gasteiger partial charge in [0.25, 0.3) is 5.91 Å². The summed E-state index contributed by atoms with van der Waals surface area (Å²) in [7, 11) is 0. The number of amides is 3. The number of thioether (sulfide) groups is 1. The fourth-order valence-corrected chi connectivity index (χ4v) is 5.12. The van der Waals surface area contributed by atoms with Crippen LogP contribution in [0.1, 0.15) is 24.0 Å². The van der Waals surface area contributed by atoms with E-state index in [9.17, 15) is 14.4 Å². The molecule has 3 amide bonds. The van der Waals surface area contributed by atoms with Crippen LogP contribution < -0.4 is 10.2 Å². The normalized spacial score (nSPS) is 18.3. The molecule has 2 aromatic rings. The Balaban J connectivity index is 1.56. The smallest absolute Gasteiger partial charge is 0.250 e. The molecule has 1 saturated heterocycles. The molecule has 2 aliphatic heterocycles. The molecule has 0 aromatic heterocycles. The van der Waals surface area contributed by atoms with Crippen LogP contribution in [0.5, 0.6) is 0 Å². The van der Waals surface area contributed by atoms with Crippen LogP contribution in [0.2, 0.25) is 0 Å². The molecule has 0 spiro atoms. The highest BCUT2D eigenvalue weighted by molar-refractivity contribution is 8.01. The summed E-state index contributed by atoms with van der Waals surface area (Å²) in [5.74, 6) is -0.771. The largest absolute Gasteiger partial charge is 0.341 e. The number of para-hydroxylation sites is 1. The SMILES string of the molecule is Cc1ccc(NC(=O)CN2C(=O)[C@@H](C(=O)N3CCCC3)Sc3ccccc32)c(C)c1. The summed E-state index contributed by atoms with van der Waals surface area (Å²) in [4.78, 5) is 43.1. The molecule has 6 nitrogen and oxygen atoms in total. The summed E-state index contributed by atoms with van der Waals surface area (Å²) in [6.45, 7) is 5.19. The van der Waals surface area contributed by atoms with Gasteiger partial charge in [-0.15, -0.1) is 11.8 Å². The lowest BCUT2D eigenvalue weighted by atomic mass is 10.1. The second kappa shape index (κ2) is 8.52. The van der Waals surface area contributed by atoms with Gasteiger partial charge in [-0.3, -0.25) is 14.4 Å². The molecule has 4 rings (SSSR count). The van der Waals surface area contributed by atoms with Crippen LogP contribution in [0.3, 0.4) is 0 Å². The van der Waals surface area contributed by atoms with Crippen molar-refractivity contribution >= 4 is 40.9 Å². The molecule has 0 aliphatic carbocycles. The monoisotopic (exact) mass is 423 g/mol. The Bertz CT molecular complexity index is 1000. The van der Waals surface area contributed by atoms with E-state index in [0.717, 1.165) is 34.6 Å². The summed E-state index contributed by atoms with van der Waals surface area (Å²) in [6, 6.07) is 13.2. The third kappa shape index (κ3) is 4.07. The number of nitrogens with one attached hydrogen (secondary N) is 1. The first-order valence-corrected chi connectivity index (χ1v) is 11.0. The number of anilines is 2. The van der Waals surface area contributed by atoms with E-state index >= 15 is 0 Å². The van der Waals surface area contributed by atoms with E-state index in [1.165, 1.54) is 16.7 Å². The molecule has 2 aliphatic rings. The Morgan fingerprint density at radius 1 is 1.10 bits per heavy atom. The Labute approximate surface area is 180 Å². The molecule has 1 N–H and O–H groups in total. The van der Waals surface area contributed by atoms with Crippen LogP contribution in [0.4, 0.5) is 11.4 Å². The second-order valence-corrected chi connectivity index (χ2v) is 8.94. The van der Waals surface area contributed by atoms with Gasteiger partial charge in [-0.2, -0.15) is 0 Å². The van der Waals surface area contributed by atoms with Gasteiger partial charge < -0.3 is 15.1 Å². The van der Waals surface area contributed by atoms with Crippen molar-refractivity contribution in [1.29, 1.82) is 0 Å². The van der Waals surface area contributed by atoms with Crippen molar-refractivity contribution in [1.82, 2.24) is 4.90 Å². The Morgan fingerprint density at radius 2 is 1.83 bits per heavy atom. The maximum atomic E-state index is 13.3. The average molecular weight is 424 g/mol. The van der Waals surface area contributed by atoms with Crippen LogP contribution in [0.15, 0.2) is 47.4 Å². The van der Waals surface area contributed by atoms with Crippen molar-refractivity contribution in [2.75, 3.05) is 29.9 Å². The predicted molar refractivity (Wildman–Crippen MR) is 119 cm³/mol. The topological polar surface area (TPSA) is 69.7 Å². The zero-order valence-corrected chi connectivity index (χ0v) is 18.0. The van der Waals surface area contributed by atoms with E-state index in [1.807, 2.05) is 56.3 Å². The fourth-order valence-electron chi connectivity index (χ4n) is 3.93. The number of rotatable bonds is 4. The second-order valence-electron chi connectivity index (χ2n) is 7.79. The highest BCUT2D eigenvalue weighted by Gasteiger charge is 2.41. The highest BCUT2D eigenvalue weighted by Crippen LogP contribution is 2.40. The minimum atomic E-state index is -0.841. The first-order valence-electron chi connectivity index (χ1n) is 10.2. The van der Waals surface area contributed by atoms with E-state index in [2.05, 4.69) is 5.32 Å². The molecule has 2 aromatic carbocycles. The lowest BCUT2D eigenvalue weighted by molar-refractivity contribution is -0.134. The Kier molecular flexibility index (Phi) is 5.81. The summed E-state index contributed by atoms with van der Waals surface area (Å²) in [6.07, 6.45) is 1.94. The number of benzene rings is 2. The molecule has 0 saturated carbocycles. The number of carbonyl (C=O) groups excluding carboxylic acids is 3. The summed E-state index contributed by atoms with van der Waals surface area (Å²) in [5.41, 5.74) is 3.48. The molecule has 0 radical (unpaired) electrons. The lowest BCUT2D eigenvalue weighted by Crippen LogP contribution is -2.51. The summed E-state index contributed by atoms with van der Waals surface area (Å²) < 4.78 is 0. The molecule has 1 fully saturated rings.